The molecule has 0 radical (unpaired) electrons. The quantitative estimate of drug-likeness (QED) is 0.811. The molecule has 0 bridgehead atoms. The van der Waals surface area contributed by atoms with Gasteiger partial charge in [0.05, 0.1) is 13.2 Å². The van der Waals surface area contributed by atoms with Crippen molar-refractivity contribution in [3.8, 4) is 0 Å². The molecule has 20 heavy (non-hydrogen) atoms. The highest BCUT2D eigenvalue weighted by Gasteiger charge is 2.29. The Hall–Kier alpha value is -1.15. The predicted molar refractivity (Wildman–Crippen MR) is 78.3 cm³/mol. The highest BCUT2D eigenvalue weighted by atomic mass is 32.2. The molecule has 0 aliphatic carbocycles. The monoisotopic (exact) mass is 299 g/mol. The molecule has 0 spiro atoms. The lowest BCUT2D eigenvalue weighted by molar-refractivity contribution is 0.0701. The molecular weight excluding hydrogens is 278 g/mol. The molecule has 112 valence electrons. The third-order valence-corrected chi connectivity index (χ3v) is 5.37. The van der Waals surface area contributed by atoms with Gasteiger partial charge in [-0.1, -0.05) is 19.1 Å². The molecule has 1 aromatic rings. The van der Waals surface area contributed by atoms with E-state index in [1.165, 1.54) is 8.61 Å². The van der Waals surface area contributed by atoms with E-state index < -0.39 is 10.2 Å². The predicted octanol–water partition coefficient (Wildman–Crippen LogP) is 0.668. The fraction of sp³-hybridized carbons (Fsp3) is 0.538. The average molecular weight is 299 g/mol. The van der Waals surface area contributed by atoms with Gasteiger partial charge in [0, 0.05) is 31.9 Å². The molecule has 1 heterocycles. The Morgan fingerprint density at radius 2 is 1.85 bits per heavy atom. The van der Waals surface area contributed by atoms with E-state index in [0.717, 1.165) is 5.56 Å². The Balaban J connectivity index is 2.12. The topological polar surface area (TPSA) is 75.9 Å². The fourth-order valence-electron chi connectivity index (χ4n) is 2.12. The highest BCUT2D eigenvalue weighted by molar-refractivity contribution is 7.86. The summed E-state index contributed by atoms with van der Waals surface area (Å²) in [6.45, 7) is 4.38. The molecule has 1 aliphatic rings. The molecule has 6 nitrogen and oxygen atoms in total. The smallest absolute Gasteiger partial charge is 0.282 e. The number of hydrogen-bond acceptors (Lipinski definition) is 4. The van der Waals surface area contributed by atoms with Crippen LogP contribution in [0.2, 0.25) is 0 Å². The van der Waals surface area contributed by atoms with Gasteiger partial charge in [0.2, 0.25) is 0 Å². The average Bonchev–Trinajstić information content (AvgIpc) is 2.47. The van der Waals surface area contributed by atoms with Gasteiger partial charge >= 0.3 is 0 Å². The minimum absolute atomic E-state index is 0.358. The summed E-state index contributed by atoms with van der Waals surface area (Å²) in [5.74, 6) is 0. The van der Waals surface area contributed by atoms with Crippen molar-refractivity contribution >= 4 is 15.9 Å². The standard InChI is InChI=1S/C13H21N3O3S/c1-2-15(11-12-3-5-13(14)6-4-12)20(17,18)16-7-9-19-10-8-16/h3-6H,2,7-11,14H2,1H3. The van der Waals surface area contributed by atoms with Crippen LogP contribution in [-0.2, 0) is 21.5 Å². The molecule has 0 unspecified atom stereocenters. The molecular formula is C13H21N3O3S. The number of ether oxygens (including phenoxy) is 1. The zero-order valence-electron chi connectivity index (χ0n) is 11.7. The molecule has 1 aromatic carbocycles. The van der Waals surface area contributed by atoms with Gasteiger partial charge in [0.25, 0.3) is 10.2 Å². The van der Waals surface area contributed by atoms with Gasteiger partial charge in [-0.05, 0) is 17.7 Å². The number of rotatable bonds is 5. The number of benzene rings is 1. The van der Waals surface area contributed by atoms with E-state index >= 15 is 0 Å². The first-order valence-corrected chi connectivity index (χ1v) is 8.11. The summed E-state index contributed by atoms with van der Waals surface area (Å²) in [6.07, 6.45) is 0. The summed E-state index contributed by atoms with van der Waals surface area (Å²) in [6, 6.07) is 7.27. The first kappa shape index (κ1) is 15.2. The van der Waals surface area contributed by atoms with Crippen molar-refractivity contribution in [1.82, 2.24) is 8.61 Å². The normalized spacial score (nSPS) is 17.5. The van der Waals surface area contributed by atoms with Gasteiger partial charge in [-0.15, -0.1) is 0 Å². The summed E-state index contributed by atoms with van der Waals surface area (Å²) in [4.78, 5) is 0. The van der Waals surface area contributed by atoms with Crippen LogP contribution in [-0.4, -0.2) is 49.9 Å². The van der Waals surface area contributed by atoms with E-state index in [-0.39, 0.29) is 0 Å². The van der Waals surface area contributed by atoms with Gasteiger partial charge in [-0.2, -0.15) is 17.0 Å². The van der Waals surface area contributed by atoms with E-state index in [2.05, 4.69) is 0 Å². The minimum atomic E-state index is -3.43. The van der Waals surface area contributed by atoms with Crippen molar-refractivity contribution in [3.63, 3.8) is 0 Å². The fourth-order valence-corrected chi connectivity index (χ4v) is 3.70. The number of nitrogens with zero attached hydrogens (tertiary/aromatic N) is 2. The minimum Gasteiger partial charge on any atom is -0.399 e. The maximum atomic E-state index is 12.6. The van der Waals surface area contributed by atoms with Gasteiger partial charge < -0.3 is 10.5 Å². The lowest BCUT2D eigenvalue weighted by atomic mass is 10.2. The molecule has 1 aliphatic heterocycles. The van der Waals surface area contributed by atoms with E-state index in [9.17, 15) is 8.42 Å². The van der Waals surface area contributed by atoms with E-state index in [1.54, 1.807) is 12.1 Å². The molecule has 1 fully saturated rings. The lowest BCUT2D eigenvalue weighted by Crippen LogP contribution is -2.48. The van der Waals surface area contributed by atoms with Crippen molar-refractivity contribution in [1.29, 1.82) is 0 Å². The van der Waals surface area contributed by atoms with Crippen molar-refractivity contribution < 1.29 is 13.2 Å². The molecule has 0 atom stereocenters. The zero-order valence-corrected chi connectivity index (χ0v) is 12.5. The number of nitrogen functional groups attached to an aromatic ring is 1. The van der Waals surface area contributed by atoms with Crippen LogP contribution in [0.3, 0.4) is 0 Å². The molecule has 0 saturated carbocycles. The van der Waals surface area contributed by atoms with Crippen LogP contribution in [0.25, 0.3) is 0 Å². The number of morpholine rings is 1. The summed E-state index contributed by atoms with van der Waals surface area (Å²) in [5, 5.41) is 0. The molecule has 2 rings (SSSR count). The van der Waals surface area contributed by atoms with Crippen LogP contribution >= 0.6 is 0 Å². The second-order valence-electron chi connectivity index (χ2n) is 4.69. The Kier molecular flexibility index (Phi) is 4.98. The summed E-state index contributed by atoms with van der Waals surface area (Å²) >= 11 is 0. The van der Waals surface area contributed by atoms with Crippen LogP contribution in [0, 0.1) is 0 Å². The molecule has 0 amide bonds. The van der Waals surface area contributed by atoms with Gasteiger partial charge in [-0.25, -0.2) is 0 Å². The van der Waals surface area contributed by atoms with Crippen LogP contribution in [0.4, 0.5) is 5.69 Å². The number of nitrogens with two attached hydrogens (primary N) is 1. The third kappa shape index (κ3) is 3.49. The van der Waals surface area contributed by atoms with Crippen molar-refractivity contribution in [2.45, 2.75) is 13.5 Å². The third-order valence-electron chi connectivity index (χ3n) is 3.31. The van der Waals surface area contributed by atoms with Gasteiger partial charge in [-0.3, -0.25) is 0 Å². The van der Waals surface area contributed by atoms with Crippen LogP contribution in [0.5, 0.6) is 0 Å². The zero-order chi connectivity index (χ0) is 14.6. The molecule has 1 saturated heterocycles. The number of anilines is 1. The first-order chi connectivity index (χ1) is 9.54. The van der Waals surface area contributed by atoms with Crippen molar-refractivity contribution in [2.24, 2.45) is 0 Å². The largest absolute Gasteiger partial charge is 0.399 e. The highest BCUT2D eigenvalue weighted by Crippen LogP contribution is 2.15. The van der Waals surface area contributed by atoms with E-state index in [4.69, 9.17) is 10.5 Å². The Labute approximate surface area is 120 Å². The lowest BCUT2D eigenvalue weighted by Gasteiger charge is -2.31. The molecule has 0 aromatic heterocycles. The van der Waals surface area contributed by atoms with Crippen LogP contribution in [0.15, 0.2) is 24.3 Å². The molecule has 2 N–H and O–H groups in total. The first-order valence-electron chi connectivity index (χ1n) is 6.71. The maximum Gasteiger partial charge on any atom is 0.282 e. The Morgan fingerprint density at radius 1 is 1.25 bits per heavy atom. The Morgan fingerprint density at radius 3 is 2.40 bits per heavy atom. The number of hydrogen-bond donors (Lipinski definition) is 1. The Bertz CT molecular complexity index is 524. The van der Waals surface area contributed by atoms with E-state index in [1.807, 2.05) is 19.1 Å². The van der Waals surface area contributed by atoms with Gasteiger partial charge in [0.1, 0.15) is 0 Å². The van der Waals surface area contributed by atoms with Crippen LogP contribution in [0.1, 0.15) is 12.5 Å². The SMILES string of the molecule is CCN(Cc1ccc(N)cc1)S(=O)(=O)N1CCOCC1. The van der Waals surface area contributed by atoms with Crippen molar-refractivity contribution in [3.05, 3.63) is 29.8 Å². The summed E-state index contributed by atoms with van der Waals surface area (Å²) in [5.41, 5.74) is 7.24. The maximum absolute atomic E-state index is 12.6. The van der Waals surface area contributed by atoms with E-state index in [0.29, 0.717) is 45.1 Å². The van der Waals surface area contributed by atoms with Crippen LogP contribution < -0.4 is 5.73 Å². The summed E-state index contributed by atoms with van der Waals surface area (Å²) < 4.78 is 33.3. The molecule has 7 heteroatoms. The second kappa shape index (κ2) is 6.53. The van der Waals surface area contributed by atoms with Gasteiger partial charge in [0.15, 0.2) is 0 Å². The summed E-state index contributed by atoms with van der Waals surface area (Å²) in [7, 11) is -3.43. The second-order valence-corrected chi connectivity index (χ2v) is 6.62. The van der Waals surface area contributed by atoms with Crippen molar-refractivity contribution in [2.75, 3.05) is 38.6 Å².